The highest BCUT2D eigenvalue weighted by Crippen LogP contribution is 2.25. The van der Waals surface area contributed by atoms with Crippen molar-refractivity contribution in [1.29, 1.82) is 0 Å². The Morgan fingerprint density at radius 1 is 1.35 bits per heavy atom. The second-order valence-corrected chi connectivity index (χ2v) is 4.98. The summed E-state index contributed by atoms with van der Waals surface area (Å²) in [6.07, 6.45) is 1.77. The minimum Gasteiger partial charge on any atom is -0.461 e. The number of carbonyl (C=O) groups excluding carboxylic acids is 1. The van der Waals surface area contributed by atoms with E-state index in [1.807, 2.05) is 32.0 Å². The molecule has 20 heavy (non-hydrogen) atoms. The Bertz CT molecular complexity index is 679. The molecule has 4 heteroatoms. The summed E-state index contributed by atoms with van der Waals surface area (Å²) in [5, 5.41) is 0. The zero-order valence-corrected chi connectivity index (χ0v) is 12.1. The van der Waals surface area contributed by atoms with Crippen LogP contribution in [0.4, 0.5) is 0 Å². The first-order valence-electron chi connectivity index (χ1n) is 6.82. The Morgan fingerprint density at radius 2 is 2.10 bits per heavy atom. The molecule has 0 aromatic carbocycles. The number of aromatic amines is 1. The maximum Gasteiger partial charge on any atom is 0.251 e. The quantitative estimate of drug-likeness (QED) is 0.910. The van der Waals surface area contributed by atoms with E-state index in [1.165, 1.54) is 0 Å². The van der Waals surface area contributed by atoms with Gasteiger partial charge in [0.1, 0.15) is 17.3 Å². The van der Waals surface area contributed by atoms with Crippen molar-refractivity contribution in [2.45, 2.75) is 40.0 Å². The topological polar surface area (TPSA) is 63.1 Å². The van der Waals surface area contributed by atoms with Gasteiger partial charge < -0.3 is 14.2 Å². The molecule has 106 valence electrons. The molecule has 0 fully saturated rings. The predicted molar refractivity (Wildman–Crippen MR) is 77.9 cm³/mol. The molecule has 0 amide bonds. The standard InChI is InChI=1S/C16H19NO3/c1-4-12-9-14(11(3)17-16(12)19)15-8-7-13(20-15)6-5-10(2)18/h7-9H,4-6H2,1-3H3,(H,17,19). The third-order valence-electron chi connectivity index (χ3n) is 3.35. The average molecular weight is 273 g/mol. The largest absolute Gasteiger partial charge is 0.461 e. The van der Waals surface area contributed by atoms with Crippen LogP contribution in [0.1, 0.15) is 37.3 Å². The molecular formula is C16H19NO3. The highest BCUT2D eigenvalue weighted by Gasteiger charge is 2.11. The Morgan fingerprint density at radius 3 is 2.75 bits per heavy atom. The molecule has 2 rings (SSSR count). The van der Waals surface area contributed by atoms with Gasteiger partial charge in [-0.3, -0.25) is 4.79 Å². The van der Waals surface area contributed by atoms with Crippen LogP contribution < -0.4 is 5.56 Å². The van der Waals surface area contributed by atoms with Gasteiger partial charge in [0.05, 0.1) is 0 Å². The number of nitrogens with one attached hydrogen (secondary N) is 1. The van der Waals surface area contributed by atoms with E-state index in [1.54, 1.807) is 6.92 Å². The lowest BCUT2D eigenvalue weighted by molar-refractivity contribution is -0.117. The molecule has 0 aliphatic rings. The van der Waals surface area contributed by atoms with Crippen molar-refractivity contribution < 1.29 is 9.21 Å². The van der Waals surface area contributed by atoms with Crippen molar-refractivity contribution in [3.05, 3.63) is 45.6 Å². The van der Waals surface area contributed by atoms with Crippen LogP contribution >= 0.6 is 0 Å². The molecule has 0 aliphatic carbocycles. The van der Waals surface area contributed by atoms with Crippen LogP contribution in [0, 0.1) is 6.92 Å². The van der Waals surface area contributed by atoms with E-state index < -0.39 is 0 Å². The fourth-order valence-corrected chi connectivity index (χ4v) is 2.14. The zero-order valence-electron chi connectivity index (χ0n) is 12.1. The fourth-order valence-electron chi connectivity index (χ4n) is 2.14. The molecule has 0 saturated carbocycles. The van der Waals surface area contributed by atoms with Crippen LogP contribution in [0.15, 0.2) is 27.4 Å². The summed E-state index contributed by atoms with van der Waals surface area (Å²) in [4.78, 5) is 25.5. The Hall–Kier alpha value is -2.10. The first kappa shape index (κ1) is 14.3. The molecule has 0 spiro atoms. The summed E-state index contributed by atoms with van der Waals surface area (Å²) in [6.45, 7) is 5.38. The maximum atomic E-state index is 11.7. The van der Waals surface area contributed by atoms with E-state index in [-0.39, 0.29) is 11.3 Å². The van der Waals surface area contributed by atoms with Gasteiger partial charge in [0, 0.05) is 29.7 Å². The molecule has 0 unspecified atom stereocenters. The number of aryl methyl sites for hydroxylation is 3. The summed E-state index contributed by atoms with van der Waals surface area (Å²) in [6, 6.07) is 5.64. The number of aromatic nitrogens is 1. The highest BCUT2D eigenvalue weighted by atomic mass is 16.3. The van der Waals surface area contributed by atoms with Gasteiger partial charge in [0.25, 0.3) is 5.56 Å². The number of hydrogen-bond acceptors (Lipinski definition) is 3. The lowest BCUT2D eigenvalue weighted by Gasteiger charge is -2.05. The number of H-pyrrole nitrogens is 1. The molecule has 2 aromatic rings. The Labute approximate surface area is 117 Å². The molecule has 0 atom stereocenters. The second kappa shape index (κ2) is 5.90. The second-order valence-electron chi connectivity index (χ2n) is 4.98. The molecule has 0 radical (unpaired) electrons. The van der Waals surface area contributed by atoms with Gasteiger partial charge in [-0.1, -0.05) is 6.92 Å². The Kier molecular flexibility index (Phi) is 4.23. The highest BCUT2D eigenvalue weighted by molar-refractivity contribution is 5.75. The van der Waals surface area contributed by atoms with Crippen LogP contribution in [-0.2, 0) is 17.6 Å². The number of Topliss-reactive ketones (excluding diaryl/α,β-unsaturated/α-hetero) is 1. The van der Waals surface area contributed by atoms with Gasteiger partial charge >= 0.3 is 0 Å². The van der Waals surface area contributed by atoms with Crippen LogP contribution in [-0.4, -0.2) is 10.8 Å². The summed E-state index contributed by atoms with van der Waals surface area (Å²) in [5.74, 6) is 1.67. The third kappa shape index (κ3) is 3.07. The van der Waals surface area contributed by atoms with E-state index in [2.05, 4.69) is 4.98 Å². The van der Waals surface area contributed by atoms with Gasteiger partial charge in [-0.05, 0) is 38.5 Å². The van der Waals surface area contributed by atoms with Crippen LogP contribution in [0.25, 0.3) is 11.3 Å². The number of furan rings is 1. The van der Waals surface area contributed by atoms with Crippen LogP contribution in [0.2, 0.25) is 0 Å². The van der Waals surface area contributed by atoms with Crippen molar-refractivity contribution >= 4 is 5.78 Å². The number of hydrogen-bond donors (Lipinski definition) is 1. The summed E-state index contributed by atoms with van der Waals surface area (Å²) >= 11 is 0. The molecule has 1 N–H and O–H groups in total. The first-order chi connectivity index (χ1) is 9.51. The Balaban J connectivity index is 2.32. The van der Waals surface area contributed by atoms with E-state index in [0.717, 1.165) is 28.3 Å². The van der Waals surface area contributed by atoms with Gasteiger partial charge in [-0.25, -0.2) is 0 Å². The van der Waals surface area contributed by atoms with Crippen LogP contribution in [0.5, 0.6) is 0 Å². The third-order valence-corrected chi connectivity index (χ3v) is 3.35. The summed E-state index contributed by atoms with van der Waals surface area (Å²) < 4.78 is 5.77. The molecule has 0 aliphatic heterocycles. The van der Waals surface area contributed by atoms with Gasteiger partial charge in [0.2, 0.25) is 0 Å². The van der Waals surface area contributed by atoms with Crippen LogP contribution in [0.3, 0.4) is 0 Å². The molecule has 0 saturated heterocycles. The maximum absolute atomic E-state index is 11.7. The molecule has 4 nitrogen and oxygen atoms in total. The normalized spacial score (nSPS) is 10.8. The SMILES string of the molecule is CCc1cc(-c2ccc(CCC(C)=O)o2)c(C)[nH]c1=O. The van der Waals surface area contributed by atoms with Gasteiger partial charge in [-0.15, -0.1) is 0 Å². The number of carbonyl (C=O) groups is 1. The minimum atomic E-state index is -0.0443. The molecule has 2 aromatic heterocycles. The predicted octanol–water partition coefficient (Wildman–Crippen LogP) is 3.03. The smallest absolute Gasteiger partial charge is 0.251 e. The van der Waals surface area contributed by atoms with Crippen molar-refractivity contribution in [2.24, 2.45) is 0 Å². The van der Waals surface area contributed by atoms with E-state index in [0.29, 0.717) is 19.3 Å². The minimum absolute atomic E-state index is 0.0443. The molecule has 0 bridgehead atoms. The van der Waals surface area contributed by atoms with Gasteiger partial charge in [-0.2, -0.15) is 0 Å². The summed E-state index contributed by atoms with van der Waals surface area (Å²) in [7, 11) is 0. The number of rotatable bonds is 5. The monoisotopic (exact) mass is 273 g/mol. The van der Waals surface area contributed by atoms with E-state index in [9.17, 15) is 9.59 Å². The fraction of sp³-hybridized carbons (Fsp3) is 0.375. The van der Waals surface area contributed by atoms with Crippen molar-refractivity contribution in [1.82, 2.24) is 4.98 Å². The first-order valence-corrected chi connectivity index (χ1v) is 6.82. The van der Waals surface area contributed by atoms with Crippen molar-refractivity contribution in [3.8, 4) is 11.3 Å². The van der Waals surface area contributed by atoms with Crippen molar-refractivity contribution in [3.63, 3.8) is 0 Å². The average Bonchev–Trinajstić information content (AvgIpc) is 2.85. The lowest BCUT2D eigenvalue weighted by atomic mass is 10.1. The zero-order chi connectivity index (χ0) is 14.7. The summed E-state index contributed by atoms with van der Waals surface area (Å²) in [5.41, 5.74) is 2.39. The van der Waals surface area contributed by atoms with E-state index >= 15 is 0 Å². The van der Waals surface area contributed by atoms with Gasteiger partial charge in [0.15, 0.2) is 0 Å². The van der Waals surface area contributed by atoms with E-state index in [4.69, 9.17) is 4.42 Å². The number of pyridine rings is 1. The molecule has 2 heterocycles. The van der Waals surface area contributed by atoms with Crippen molar-refractivity contribution in [2.75, 3.05) is 0 Å². The number of ketones is 1. The molecular weight excluding hydrogens is 254 g/mol. The lowest BCUT2D eigenvalue weighted by Crippen LogP contribution is -2.13.